The Kier molecular flexibility index (Phi) is 6.51. The number of aliphatic carboxylic acids is 1. The summed E-state index contributed by atoms with van der Waals surface area (Å²) in [6, 6.07) is 12.2. The van der Waals surface area contributed by atoms with E-state index < -0.39 is 17.7 Å². The molecule has 1 aliphatic heterocycles. The molecule has 1 aliphatic carbocycles. The summed E-state index contributed by atoms with van der Waals surface area (Å²) in [6.07, 6.45) is 2.41. The van der Waals surface area contributed by atoms with Gasteiger partial charge in [-0.1, -0.05) is 44.2 Å². The van der Waals surface area contributed by atoms with Crippen LogP contribution in [0.4, 0.5) is 13.2 Å². The fraction of sp³-hybridized carbons (Fsp3) is 0.464. The van der Waals surface area contributed by atoms with Gasteiger partial charge in [-0.3, -0.25) is 4.79 Å². The number of fused-ring (bicyclic) bond motifs is 3. The van der Waals surface area contributed by atoms with Crippen LogP contribution in [0.3, 0.4) is 0 Å². The van der Waals surface area contributed by atoms with Gasteiger partial charge in [0, 0.05) is 29.1 Å². The van der Waals surface area contributed by atoms with Crippen molar-refractivity contribution in [3.05, 3.63) is 64.8 Å². The standard InChI is InChI=1S/C28H30F3NO3/c29-28(30,31)24-13-19(6-7-20(24)12-18-4-2-1-3-5-18)17-35-23-8-9-25-22(14-23)15-26-21(16-27(33)34)10-11-32(25)26/h6-9,13-15,18,21H,1-5,10-12,16-17H2,(H,33,34). The Morgan fingerprint density at radius 2 is 1.83 bits per heavy atom. The average Bonchev–Trinajstić information content (AvgIpc) is 3.37. The van der Waals surface area contributed by atoms with E-state index in [1.54, 1.807) is 12.1 Å². The summed E-state index contributed by atoms with van der Waals surface area (Å²) >= 11 is 0. The topological polar surface area (TPSA) is 51.5 Å². The summed E-state index contributed by atoms with van der Waals surface area (Å²) in [4.78, 5) is 11.2. The molecule has 4 nitrogen and oxygen atoms in total. The fourth-order valence-electron chi connectivity index (χ4n) is 5.82. The van der Waals surface area contributed by atoms with Gasteiger partial charge in [0.15, 0.2) is 0 Å². The summed E-state index contributed by atoms with van der Waals surface area (Å²) in [6.45, 7) is 0.831. The van der Waals surface area contributed by atoms with Gasteiger partial charge >= 0.3 is 12.1 Å². The molecule has 3 aromatic rings. The summed E-state index contributed by atoms with van der Waals surface area (Å²) in [5, 5.41) is 10.1. The minimum absolute atomic E-state index is 0.00261. The first kappa shape index (κ1) is 23.8. The van der Waals surface area contributed by atoms with Crippen molar-refractivity contribution < 1.29 is 27.8 Å². The number of rotatable bonds is 7. The highest BCUT2D eigenvalue weighted by Crippen LogP contribution is 2.38. The number of carboxylic acid groups (broad SMARTS) is 1. The Labute approximate surface area is 202 Å². The second-order valence-corrected chi connectivity index (χ2v) is 10.0. The second kappa shape index (κ2) is 9.59. The number of aryl methyl sites for hydroxylation is 1. The monoisotopic (exact) mass is 485 g/mol. The fourth-order valence-corrected chi connectivity index (χ4v) is 5.82. The van der Waals surface area contributed by atoms with Crippen LogP contribution < -0.4 is 4.74 Å². The van der Waals surface area contributed by atoms with Crippen LogP contribution in [-0.2, 0) is 30.5 Å². The molecular formula is C28H30F3NO3. The van der Waals surface area contributed by atoms with Crippen LogP contribution in [0.25, 0.3) is 10.9 Å². The Bertz CT molecular complexity index is 1220. The molecule has 0 amide bonds. The predicted molar refractivity (Wildman–Crippen MR) is 128 cm³/mol. The molecule has 2 aliphatic rings. The van der Waals surface area contributed by atoms with Gasteiger partial charge in [-0.15, -0.1) is 0 Å². The van der Waals surface area contributed by atoms with E-state index in [0.29, 0.717) is 29.2 Å². The molecule has 5 rings (SSSR count). The van der Waals surface area contributed by atoms with Gasteiger partial charge in [-0.2, -0.15) is 13.2 Å². The van der Waals surface area contributed by atoms with Gasteiger partial charge in [-0.25, -0.2) is 0 Å². The molecule has 1 N–H and O–H groups in total. The zero-order chi connectivity index (χ0) is 24.6. The number of ether oxygens (including phenoxy) is 1. The normalized spacial score (nSPS) is 18.7. The van der Waals surface area contributed by atoms with Crippen molar-refractivity contribution in [2.24, 2.45) is 5.92 Å². The summed E-state index contributed by atoms with van der Waals surface area (Å²) in [5.74, 6) is 0.104. The van der Waals surface area contributed by atoms with Crippen LogP contribution in [0.1, 0.15) is 73.2 Å². The Morgan fingerprint density at radius 3 is 2.57 bits per heavy atom. The van der Waals surface area contributed by atoms with Crippen molar-refractivity contribution in [3.8, 4) is 5.75 Å². The average molecular weight is 486 g/mol. The van der Waals surface area contributed by atoms with Crippen LogP contribution in [-0.4, -0.2) is 15.6 Å². The number of hydrogen-bond donors (Lipinski definition) is 1. The Hall–Kier alpha value is -2.96. The molecule has 35 heavy (non-hydrogen) atoms. The van der Waals surface area contributed by atoms with Crippen molar-refractivity contribution in [1.82, 2.24) is 4.57 Å². The molecule has 0 bridgehead atoms. The maximum absolute atomic E-state index is 13.8. The Balaban J connectivity index is 1.31. The lowest BCUT2D eigenvalue weighted by molar-refractivity contribution is -0.139. The first-order valence-electron chi connectivity index (χ1n) is 12.4. The molecule has 186 valence electrons. The lowest BCUT2D eigenvalue weighted by Gasteiger charge is -2.23. The zero-order valence-corrected chi connectivity index (χ0v) is 19.6. The minimum Gasteiger partial charge on any atom is -0.489 e. The molecule has 1 fully saturated rings. The molecule has 2 heterocycles. The Morgan fingerprint density at radius 1 is 1.03 bits per heavy atom. The number of benzene rings is 2. The van der Waals surface area contributed by atoms with Gasteiger partial charge < -0.3 is 14.4 Å². The van der Waals surface area contributed by atoms with Gasteiger partial charge in [0.25, 0.3) is 0 Å². The van der Waals surface area contributed by atoms with E-state index in [4.69, 9.17) is 9.84 Å². The van der Waals surface area contributed by atoms with E-state index in [1.165, 1.54) is 12.5 Å². The molecule has 0 spiro atoms. The first-order chi connectivity index (χ1) is 16.8. The van der Waals surface area contributed by atoms with E-state index in [9.17, 15) is 18.0 Å². The number of carboxylic acids is 1. The smallest absolute Gasteiger partial charge is 0.416 e. The molecule has 1 aromatic heterocycles. The van der Waals surface area contributed by atoms with Gasteiger partial charge in [-0.05, 0) is 60.2 Å². The highest BCUT2D eigenvalue weighted by atomic mass is 19.4. The highest BCUT2D eigenvalue weighted by Gasteiger charge is 2.34. The molecule has 1 unspecified atom stereocenters. The highest BCUT2D eigenvalue weighted by molar-refractivity contribution is 5.83. The maximum Gasteiger partial charge on any atom is 0.416 e. The van der Waals surface area contributed by atoms with Crippen molar-refractivity contribution in [3.63, 3.8) is 0 Å². The van der Waals surface area contributed by atoms with Crippen molar-refractivity contribution in [1.29, 1.82) is 0 Å². The van der Waals surface area contributed by atoms with Crippen molar-refractivity contribution in [2.75, 3.05) is 0 Å². The van der Waals surface area contributed by atoms with E-state index >= 15 is 0 Å². The number of alkyl halides is 3. The van der Waals surface area contributed by atoms with Crippen molar-refractivity contribution in [2.45, 2.75) is 76.6 Å². The lowest BCUT2D eigenvalue weighted by Crippen LogP contribution is -2.15. The molecule has 7 heteroatoms. The van der Waals surface area contributed by atoms with Crippen LogP contribution in [0.15, 0.2) is 42.5 Å². The maximum atomic E-state index is 13.8. The van der Waals surface area contributed by atoms with Crippen LogP contribution in [0, 0.1) is 5.92 Å². The van der Waals surface area contributed by atoms with Crippen LogP contribution in [0.2, 0.25) is 0 Å². The zero-order valence-electron chi connectivity index (χ0n) is 19.6. The SMILES string of the molecule is O=C(O)CC1CCn2c1cc1cc(OCc3ccc(CC4CCCCC4)c(C(F)(F)F)c3)ccc12. The number of halogens is 3. The molecule has 0 saturated heterocycles. The third-order valence-electron chi connectivity index (χ3n) is 7.56. The summed E-state index contributed by atoms with van der Waals surface area (Å²) in [5.41, 5.74) is 2.36. The number of nitrogens with zero attached hydrogens (tertiary/aromatic N) is 1. The van der Waals surface area contributed by atoms with Gasteiger partial charge in [0.05, 0.1) is 12.0 Å². The molecule has 1 atom stereocenters. The van der Waals surface area contributed by atoms with E-state index in [-0.39, 0.29) is 18.9 Å². The quantitative estimate of drug-likeness (QED) is 0.381. The van der Waals surface area contributed by atoms with E-state index in [1.807, 2.05) is 24.3 Å². The summed E-state index contributed by atoms with van der Waals surface area (Å²) < 4.78 is 49.5. The lowest BCUT2D eigenvalue weighted by atomic mass is 9.83. The molecular weight excluding hydrogens is 455 g/mol. The molecule has 2 aromatic carbocycles. The van der Waals surface area contributed by atoms with E-state index in [0.717, 1.165) is 55.2 Å². The third-order valence-corrected chi connectivity index (χ3v) is 7.56. The summed E-state index contributed by atoms with van der Waals surface area (Å²) in [7, 11) is 0. The van der Waals surface area contributed by atoms with Gasteiger partial charge in [0.1, 0.15) is 12.4 Å². The second-order valence-electron chi connectivity index (χ2n) is 10.0. The van der Waals surface area contributed by atoms with E-state index in [2.05, 4.69) is 4.57 Å². The van der Waals surface area contributed by atoms with Crippen LogP contribution in [0.5, 0.6) is 5.75 Å². The first-order valence-corrected chi connectivity index (χ1v) is 12.4. The largest absolute Gasteiger partial charge is 0.489 e. The predicted octanol–water partition coefficient (Wildman–Crippen LogP) is 7.32. The number of aromatic nitrogens is 1. The third kappa shape index (κ3) is 5.19. The van der Waals surface area contributed by atoms with Gasteiger partial charge in [0.2, 0.25) is 0 Å². The number of carbonyl (C=O) groups is 1. The minimum atomic E-state index is -4.39. The van der Waals surface area contributed by atoms with Crippen LogP contribution >= 0.6 is 0 Å². The molecule has 0 radical (unpaired) electrons. The van der Waals surface area contributed by atoms with Crippen molar-refractivity contribution >= 4 is 16.9 Å². The number of hydrogen-bond acceptors (Lipinski definition) is 2. The molecule has 1 saturated carbocycles.